The second-order valence-electron chi connectivity index (χ2n) is 6.36. The van der Waals surface area contributed by atoms with Crippen LogP contribution in [0.5, 0.6) is 5.75 Å². The number of hydrogen-bond donors (Lipinski definition) is 2. The van der Waals surface area contributed by atoms with Gasteiger partial charge in [0.15, 0.2) is 0 Å². The summed E-state index contributed by atoms with van der Waals surface area (Å²) in [6, 6.07) is 7.63. The lowest BCUT2D eigenvalue weighted by Crippen LogP contribution is -2.33. The molecule has 1 aromatic rings. The van der Waals surface area contributed by atoms with E-state index in [0.717, 1.165) is 50.3 Å². The molecule has 0 spiro atoms. The van der Waals surface area contributed by atoms with Crippen molar-refractivity contribution in [2.24, 2.45) is 0 Å². The number of rotatable bonds is 7. The first-order valence-corrected chi connectivity index (χ1v) is 8.68. The van der Waals surface area contributed by atoms with Gasteiger partial charge in [0.25, 0.3) is 0 Å². The maximum atomic E-state index is 11.9. The normalized spacial score (nSPS) is 21.5. The van der Waals surface area contributed by atoms with Gasteiger partial charge in [-0.15, -0.1) is 0 Å². The lowest BCUT2D eigenvalue weighted by Gasteiger charge is -2.14. The average molecular weight is 318 g/mol. The summed E-state index contributed by atoms with van der Waals surface area (Å²) in [6.07, 6.45) is 7.64. The Morgan fingerprint density at radius 2 is 1.91 bits per heavy atom. The molecule has 1 aliphatic heterocycles. The molecule has 2 N–H and O–H groups in total. The number of hydrogen-bond acceptors (Lipinski definition) is 4. The molecule has 0 radical (unpaired) electrons. The largest absolute Gasteiger partial charge is 0.490 e. The predicted molar refractivity (Wildman–Crippen MR) is 89.8 cm³/mol. The molecular formula is C18H26N2O3. The molecule has 1 heterocycles. The monoisotopic (exact) mass is 318 g/mol. The van der Waals surface area contributed by atoms with E-state index in [1.807, 2.05) is 24.3 Å². The van der Waals surface area contributed by atoms with Crippen LogP contribution in [0.2, 0.25) is 0 Å². The van der Waals surface area contributed by atoms with Crippen molar-refractivity contribution in [1.82, 2.24) is 5.32 Å². The maximum absolute atomic E-state index is 11.9. The van der Waals surface area contributed by atoms with E-state index in [9.17, 15) is 4.79 Å². The van der Waals surface area contributed by atoms with E-state index in [1.54, 1.807) is 0 Å². The Morgan fingerprint density at radius 3 is 2.61 bits per heavy atom. The van der Waals surface area contributed by atoms with Crippen molar-refractivity contribution in [2.45, 2.75) is 50.7 Å². The third-order valence-electron chi connectivity index (χ3n) is 4.42. The van der Waals surface area contributed by atoms with Gasteiger partial charge in [-0.25, -0.2) is 0 Å². The van der Waals surface area contributed by atoms with Crippen molar-refractivity contribution in [3.63, 3.8) is 0 Å². The summed E-state index contributed by atoms with van der Waals surface area (Å²) in [5.74, 6) is 0.846. The summed E-state index contributed by atoms with van der Waals surface area (Å²) in [4.78, 5) is 11.9. The highest BCUT2D eigenvalue weighted by molar-refractivity contribution is 5.92. The van der Waals surface area contributed by atoms with Gasteiger partial charge in [-0.2, -0.15) is 0 Å². The van der Waals surface area contributed by atoms with Crippen molar-refractivity contribution in [2.75, 3.05) is 25.0 Å². The Hall–Kier alpha value is -1.59. The Balaban J connectivity index is 1.37. The summed E-state index contributed by atoms with van der Waals surface area (Å²) in [5.41, 5.74) is 0.799. The van der Waals surface area contributed by atoms with E-state index < -0.39 is 0 Å². The number of benzene rings is 1. The van der Waals surface area contributed by atoms with E-state index in [1.165, 1.54) is 12.8 Å². The second-order valence-corrected chi connectivity index (χ2v) is 6.36. The van der Waals surface area contributed by atoms with Gasteiger partial charge in [0, 0.05) is 18.8 Å². The quantitative estimate of drug-likeness (QED) is 0.811. The Kier molecular flexibility index (Phi) is 5.88. The smallest absolute Gasteiger partial charge is 0.238 e. The zero-order valence-electron chi connectivity index (χ0n) is 13.6. The first-order chi connectivity index (χ1) is 11.3. The van der Waals surface area contributed by atoms with Gasteiger partial charge in [0.1, 0.15) is 5.75 Å². The van der Waals surface area contributed by atoms with Crippen LogP contribution in [0.1, 0.15) is 38.5 Å². The van der Waals surface area contributed by atoms with E-state index in [-0.39, 0.29) is 12.0 Å². The van der Waals surface area contributed by atoms with E-state index in [2.05, 4.69) is 10.6 Å². The molecule has 2 fully saturated rings. The number of ether oxygens (including phenoxy) is 2. The van der Waals surface area contributed by atoms with Gasteiger partial charge in [-0.3, -0.25) is 4.79 Å². The third kappa shape index (κ3) is 5.22. The van der Waals surface area contributed by atoms with Crippen LogP contribution in [-0.2, 0) is 9.53 Å². The van der Waals surface area contributed by atoms with Gasteiger partial charge in [-0.1, -0.05) is 0 Å². The average Bonchev–Trinajstić information content (AvgIpc) is 3.23. The Labute approximate surface area is 137 Å². The highest BCUT2D eigenvalue weighted by Gasteiger charge is 2.17. The molecule has 5 nitrogen and oxygen atoms in total. The topological polar surface area (TPSA) is 59.6 Å². The molecule has 0 bridgehead atoms. The van der Waals surface area contributed by atoms with Crippen molar-refractivity contribution in [1.29, 1.82) is 0 Å². The molecule has 3 rings (SSSR count). The molecule has 1 aromatic carbocycles. The number of nitrogens with one attached hydrogen (secondary N) is 2. The molecule has 5 heteroatoms. The fourth-order valence-electron chi connectivity index (χ4n) is 3.17. The minimum absolute atomic E-state index is 0.0348. The molecular weight excluding hydrogens is 292 g/mol. The Morgan fingerprint density at radius 1 is 1.13 bits per heavy atom. The van der Waals surface area contributed by atoms with E-state index in [4.69, 9.17) is 9.47 Å². The van der Waals surface area contributed by atoms with Gasteiger partial charge in [0.2, 0.25) is 5.91 Å². The zero-order valence-corrected chi connectivity index (χ0v) is 13.6. The van der Waals surface area contributed by atoms with E-state index >= 15 is 0 Å². The molecule has 1 aliphatic carbocycles. The molecule has 0 aromatic heterocycles. The third-order valence-corrected chi connectivity index (χ3v) is 4.42. The first kappa shape index (κ1) is 16.3. The van der Waals surface area contributed by atoms with Crippen LogP contribution in [0.4, 0.5) is 5.69 Å². The fourth-order valence-corrected chi connectivity index (χ4v) is 3.17. The van der Waals surface area contributed by atoms with Gasteiger partial charge >= 0.3 is 0 Å². The number of anilines is 1. The molecule has 0 unspecified atom stereocenters. The van der Waals surface area contributed by atoms with Crippen LogP contribution in [0.25, 0.3) is 0 Å². The van der Waals surface area contributed by atoms with Crippen molar-refractivity contribution < 1.29 is 14.3 Å². The Bertz CT molecular complexity index is 491. The highest BCUT2D eigenvalue weighted by Crippen LogP contribution is 2.24. The van der Waals surface area contributed by atoms with Crippen LogP contribution in [-0.4, -0.2) is 37.8 Å². The lowest BCUT2D eigenvalue weighted by atomic mass is 10.2. The minimum Gasteiger partial charge on any atom is -0.490 e. The van der Waals surface area contributed by atoms with Crippen LogP contribution in [0, 0.1) is 0 Å². The lowest BCUT2D eigenvalue weighted by molar-refractivity contribution is -0.115. The van der Waals surface area contributed by atoms with Gasteiger partial charge < -0.3 is 20.1 Å². The van der Waals surface area contributed by atoms with Crippen molar-refractivity contribution in [3.8, 4) is 5.75 Å². The van der Waals surface area contributed by atoms with Gasteiger partial charge in [-0.05, 0) is 62.8 Å². The molecule has 1 saturated carbocycles. The van der Waals surface area contributed by atoms with Crippen LogP contribution < -0.4 is 15.4 Å². The van der Waals surface area contributed by atoms with Gasteiger partial charge in [0.05, 0.1) is 18.8 Å². The molecule has 126 valence electrons. The molecule has 23 heavy (non-hydrogen) atoms. The first-order valence-electron chi connectivity index (χ1n) is 8.68. The highest BCUT2D eigenvalue weighted by atomic mass is 16.5. The fraction of sp³-hybridized carbons (Fsp3) is 0.611. The summed E-state index contributed by atoms with van der Waals surface area (Å²) in [6.45, 7) is 1.88. The van der Waals surface area contributed by atoms with Crippen LogP contribution in [0.15, 0.2) is 24.3 Å². The number of amides is 1. The second kappa shape index (κ2) is 8.31. The minimum atomic E-state index is -0.0348. The molecule has 1 saturated heterocycles. The van der Waals surface area contributed by atoms with Crippen LogP contribution in [0.3, 0.4) is 0 Å². The predicted octanol–water partition coefficient (Wildman–Crippen LogP) is 2.72. The summed E-state index contributed by atoms with van der Waals surface area (Å²) < 4.78 is 11.4. The SMILES string of the molecule is O=C(CNC[C@@H]1CCCO1)Nc1ccc(OC2CCCC2)cc1. The molecule has 1 amide bonds. The standard InChI is InChI=1S/C18H26N2O3/c21-18(13-19-12-17-6-3-11-22-17)20-14-7-9-16(10-8-14)23-15-4-1-2-5-15/h7-10,15,17,19H,1-6,11-13H2,(H,20,21)/t17-/m0/s1. The number of carbonyl (C=O) groups excluding carboxylic acids is 1. The molecule has 2 aliphatic rings. The summed E-state index contributed by atoms with van der Waals surface area (Å²) in [7, 11) is 0. The molecule has 1 atom stereocenters. The maximum Gasteiger partial charge on any atom is 0.238 e. The van der Waals surface area contributed by atoms with Crippen LogP contribution >= 0.6 is 0 Å². The zero-order chi connectivity index (χ0) is 15.9. The van der Waals surface area contributed by atoms with Crippen molar-refractivity contribution >= 4 is 11.6 Å². The van der Waals surface area contributed by atoms with E-state index in [0.29, 0.717) is 12.6 Å². The summed E-state index contributed by atoms with van der Waals surface area (Å²) in [5, 5.41) is 6.04. The number of carbonyl (C=O) groups is 1. The summed E-state index contributed by atoms with van der Waals surface area (Å²) >= 11 is 0. The van der Waals surface area contributed by atoms with Crippen molar-refractivity contribution in [3.05, 3.63) is 24.3 Å².